The number of hydrogen-bond donors (Lipinski definition) is 0. The number of sulfonamides is 1. The fourth-order valence-electron chi connectivity index (χ4n) is 2.03. The van der Waals surface area contributed by atoms with Crippen molar-refractivity contribution in [3.63, 3.8) is 0 Å². The zero-order chi connectivity index (χ0) is 14.8. The molecule has 0 aliphatic carbocycles. The second-order valence-electron chi connectivity index (χ2n) is 4.64. The topological polar surface area (TPSA) is 76.0 Å². The molecule has 0 radical (unpaired) electrons. The number of ether oxygens (including phenoxy) is 1. The molecular formula is C13H16N2O4S. The zero-order valence-corrected chi connectivity index (χ0v) is 12.2. The molecule has 7 heteroatoms. The van der Waals surface area contributed by atoms with Crippen LogP contribution in [0, 0.1) is 13.8 Å². The van der Waals surface area contributed by atoms with Crippen LogP contribution in [0.3, 0.4) is 0 Å². The Morgan fingerprint density at radius 2 is 2.10 bits per heavy atom. The minimum Gasteiger partial charge on any atom is -0.376 e. The molecule has 0 spiro atoms. The van der Waals surface area contributed by atoms with Gasteiger partial charge in [0.05, 0.1) is 18.1 Å². The molecule has 1 aromatic carbocycles. The first-order valence-corrected chi connectivity index (χ1v) is 7.64. The fraction of sp³-hybridized carbons (Fsp3) is 0.462. The number of aryl methyl sites for hydroxylation is 2. The first-order valence-electron chi connectivity index (χ1n) is 6.20. The van der Waals surface area contributed by atoms with Crippen LogP contribution in [0.25, 0.3) is 0 Å². The molecule has 1 aromatic rings. The summed E-state index contributed by atoms with van der Waals surface area (Å²) >= 11 is 0. The van der Waals surface area contributed by atoms with Gasteiger partial charge in [-0.25, -0.2) is 13.2 Å². The summed E-state index contributed by atoms with van der Waals surface area (Å²) in [5.41, 5.74) is 1.92. The molecule has 0 N–H and O–H groups in total. The first kappa shape index (κ1) is 14.9. The first-order chi connectivity index (χ1) is 9.46. The molecular weight excluding hydrogens is 280 g/mol. The van der Waals surface area contributed by atoms with Crippen LogP contribution in [-0.2, 0) is 19.6 Å². The average molecular weight is 296 g/mol. The predicted molar refractivity (Wildman–Crippen MR) is 72.5 cm³/mol. The van der Waals surface area contributed by atoms with Crippen molar-refractivity contribution >= 4 is 16.1 Å². The maximum atomic E-state index is 12.6. The molecule has 0 amide bonds. The number of rotatable bonds is 3. The van der Waals surface area contributed by atoms with Crippen LogP contribution in [-0.4, -0.2) is 44.7 Å². The minimum atomic E-state index is -3.69. The van der Waals surface area contributed by atoms with E-state index in [2.05, 4.69) is 4.99 Å². The van der Waals surface area contributed by atoms with Gasteiger partial charge in [-0.2, -0.15) is 9.30 Å². The van der Waals surface area contributed by atoms with Gasteiger partial charge in [0.1, 0.15) is 0 Å². The number of morpholine rings is 1. The molecule has 1 atom stereocenters. The van der Waals surface area contributed by atoms with Crippen molar-refractivity contribution < 1.29 is 17.9 Å². The molecule has 1 aliphatic rings. The van der Waals surface area contributed by atoms with Crippen LogP contribution in [0.15, 0.2) is 28.1 Å². The van der Waals surface area contributed by atoms with Crippen LogP contribution < -0.4 is 0 Å². The molecule has 0 bridgehead atoms. The summed E-state index contributed by atoms with van der Waals surface area (Å²) in [5.74, 6) is 0. The summed E-state index contributed by atoms with van der Waals surface area (Å²) in [6.07, 6.45) is 0.560. The summed E-state index contributed by atoms with van der Waals surface area (Å²) in [6, 6.07) is 4.96. The Morgan fingerprint density at radius 3 is 2.75 bits per heavy atom. The lowest BCUT2D eigenvalue weighted by molar-refractivity contribution is 0.0359. The zero-order valence-electron chi connectivity index (χ0n) is 11.4. The van der Waals surface area contributed by atoms with Gasteiger partial charge in [-0.3, -0.25) is 0 Å². The quantitative estimate of drug-likeness (QED) is 0.615. The van der Waals surface area contributed by atoms with Gasteiger partial charge in [-0.05, 0) is 37.1 Å². The highest BCUT2D eigenvalue weighted by Crippen LogP contribution is 2.23. The van der Waals surface area contributed by atoms with Gasteiger partial charge in [0.15, 0.2) is 6.17 Å². The number of isocyanates is 1. The van der Waals surface area contributed by atoms with Crippen molar-refractivity contribution in [3.8, 4) is 0 Å². The third kappa shape index (κ3) is 2.81. The van der Waals surface area contributed by atoms with Crippen LogP contribution >= 0.6 is 0 Å². The molecule has 2 rings (SSSR count). The second kappa shape index (κ2) is 5.85. The number of hydrogen-bond acceptors (Lipinski definition) is 5. The number of carbonyl (C=O) groups excluding carboxylic acids is 1. The number of aliphatic imine (C=N–C) groups is 1. The highest BCUT2D eigenvalue weighted by Gasteiger charge is 2.34. The lowest BCUT2D eigenvalue weighted by atomic mass is 10.1. The lowest BCUT2D eigenvalue weighted by Crippen LogP contribution is -2.47. The van der Waals surface area contributed by atoms with Gasteiger partial charge in [0.2, 0.25) is 16.1 Å². The van der Waals surface area contributed by atoms with Crippen molar-refractivity contribution in [1.82, 2.24) is 4.31 Å². The number of benzene rings is 1. The molecule has 1 heterocycles. The van der Waals surface area contributed by atoms with E-state index in [-0.39, 0.29) is 24.7 Å². The van der Waals surface area contributed by atoms with Crippen LogP contribution in [0.1, 0.15) is 11.1 Å². The highest BCUT2D eigenvalue weighted by atomic mass is 32.2. The Balaban J connectivity index is 2.41. The maximum Gasteiger partial charge on any atom is 0.245 e. The van der Waals surface area contributed by atoms with E-state index in [1.165, 1.54) is 10.4 Å². The fourth-order valence-corrected chi connectivity index (χ4v) is 3.61. The van der Waals surface area contributed by atoms with Crippen molar-refractivity contribution in [2.45, 2.75) is 24.9 Å². The Labute approximate surface area is 118 Å². The molecule has 1 saturated heterocycles. The SMILES string of the molecule is Cc1ccc(S(=O)(=O)N2CCOCC2N=C=O)cc1C. The summed E-state index contributed by atoms with van der Waals surface area (Å²) in [5, 5.41) is 0. The van der Waals surface area contributed by atoms with Crippen LogP contribution in [0.2, 0.25) is 0 Å². The van der Waals surface area contributed by atoms with Crippen molar-refractivity contribution in [2.24, 2.45) is 4.99 Å². The van der Waals surface area contributed by atoms with E-state index in [1.807, 2.05) is 13.8 Å². The smallest absolute Gasteiger partial charge is 0.245 e. The second-order valence-corrected chi connectivity index (χ2v) is 6.53. The molecule has 1 aliphatic heterocycles. The predicted octanol–water partition coefficient (Wildman–Crippen LogP) is 0.986. The molecule has 1 fully saturated rings. The summed E-state index contributed by atoms with van der Waals surface area (Å²) in [7, 11) is -3.69. The van der Waals surface area contributed by atoms with Crippen molar-refractivity contribution in [2.75, 3.05) is 19.8 Å². The van der Waals surface area contributed by atoms with E-state index in [9.17, 15) is 13.2 Å². The minimum absolute atomic E-state index is 0.0688. The Hall–Kier alpha value is -1.53. The summed E-state index contributed by atoms with van der Waals surface area (Å²) in [4.78, 5) is 14.1. The molecule has 108 valence electrons. The molecule has 0 saturated carbocycles. The van der Waals surface area contributed by atoms with Gasteiger partial charge < -0.3 is 4.74 Å². The molecule has 20 heavy (non-hydrogen) atoms. The normalized spacial score (nSPS) is 20.4. The Kier molecular flexibility index (Phi) is 4.35. The van der Waals surface area contributed by atoms with Gasteiger partial charge in [0, 0.05) is 6.54 Å². The lowest BCUT2D eigenvalue weighted by Gasteiger charge is -2.31. The summed E-state index contributed by atoms with van der Waals surface area (Å²) < 4.78 is 31.6. The van der Waals surface area contributed by atoms with E-state index >= 15 is 0 Å². The molecule has 0 aromatic heterocycles. The standard InChI is InChI=1S/C13H16N2O4S/c1-10-3-4-12(7-11(10)2)20(17,18)15-5-6-19-8-13(15)14-9-16/h3-4,7,13H,5-6,8H2,1-2H3. The van der Waals surface area contributed by atoms with E-state index in [0.717, 1.165) is 11.1 Å². The van der Waals surface area contributed by atoms with E-state index in [1.54, 1.807) is 18.2 Å². The van der Waals surface area contributed by atoms with Crippen molar-refractivity contribution in [3.05, 3.63) is 29.3 Å². The van der Waals surface area contributed by atoms with Gasteiger partial charge in [-0.15, -0.1) is 0 Å². The summed E-state index contributed by atoms with van der Waals surface area (Å²) in [6.45, 7) is 4.30. The molecule has 1 unspecified atom stereocenters. The van der Waals surface area contributed by atoms with Gasteiger partial charge >= 0.3 is 0 Å². The average Bonchev–Trinajstić information content (AvgIpc) is 2.42. The van der Waals surface area contributed by atoms with Gasteiger partial charge in [0.25, 0.3) is 0 Å². The Morgan fingerprint density at radius 1 is 1.35 bits per heavy atom. The maximum absolute atomic E-state index is 12.6. The van der Waals surface area contributed by atoms with Crippen LogP contribution in [0.4, 0.5) is 0 Å². The number of nitrogens with zero attached hydrogens (tertiary/aromatic N) is 2. The van der Waals surface area contributed by atoms with Crippen molar-refractivity contribution in [1.29, 1.82) is 0 Å². The Bertz CT molecular complexity index is 650. The van der Waals surface area contributed by atoms with E-state index < -0.39 is 16.2 Å². The third-order valence-corrected chi connectivity index (χ3v) is 5.24. The van der Waals surface area contributed by atoms with E-state index in [4.69, 9.17) is 4.74 Å². The monoisotopic (exact) mass is 296 g/mol. The highest BCUT2D eigenvalue weighted by molar-refractivity contribution is 7.89. The largest absolute Gasteiger partial charge is 0.376 e. The van der Waals surface area contributed by atoms with E-state index in [0.29, 0.717) is 0 Å². The van der Waals surface area contributed by atoms with Crippen LogP contribution in [0.5, 0.6) is 0 Å². The van der Waals surface area contributed by atoms with Gasteiger partial charge in [-0.1, -0.05) is 6.07 Å². The third-order valence-electron chi connectivity index (χ3n) is 3.34. The molecule has 6 nitrogen and oxygen atoms in total.